The molecule has 2 aromatic carbocycles. The molecule has 0 unspecified atom stereocenters. The number of benzene rings is 2. The van der Waals surface area contributed by atoms with Gasteiger partial charge in [-0.1, -0.05) is 37.9 Å². The first-order chi connectivity index (χ1) is 9.52. The van der Waals surface area contributed by atoms with Gasteiger partial charge in [0.05, 0.1) is 11.6 Å². The molecule has 0 aliphatic carbocycles. The highest BCUT2D eigenvalue weighted by Gasteiger charge is 2.10. The fourth-order valence-corrected chi connectivity index (χ4v) is 3.80. The molecule has 0 radical (unpaired) electrons. The zero-order valence-corrected chi connectivity index (χ0v) is 15.9. The van der Waals surface area contributed by atoms with E-state index in [1.54, 1.807) is 7.11 Å². The quantitative estimate of drug-likeness (QED) is 0.609. The molecule has 2 rings (SSSR count). The van der Waals surface area contributed by atoms with Gasteiger partial charge in [0, 0.05) is 26.7 Å². The van der Waals surface area contributed by atoms with Crippen LogP contribution >= 0.6 is 47.8 Å². The summed E-state index contributed by atoms with van der Waals surface area (Å²) in [6.07, 6.45) is 0. The SMILES string of the molecule is COc1c(Br)cc(Br)cc1CNc1cccc(Br)c1C. The number of nitrogens with one attached hydrogen (secondary N) is 1. The summed E-state index contributed by atoms with van der Waals surface area (Å²) in [6, 6.07) is 10.2. The van der Waals surface area contributed by atoms with E-state index in [-0.39, 0.29) is 0 Å². The Labute approximate surface area is 144 Å². The number of hydrogen-bond donors (Lipinski definition) is 1. The first-order valence-corrected chi connectivity index (χ1v) is 8.41. The summed E-state index contributed by atoms with van der Waals surface area (Å²) in [5.74, 6) is 0.855. The first-order valence-electron chi connectivity index (χ1n) is 6.04. The van der Waals surface area contributed by atoms with Gasteiger partial charge in [-0.15, -0.1) is 0 Å². The summed E-state index contributed by atoms with van der Waals surface area (Å²) in [4.78, 5) is 0. The topological polar surface area (TPSA) is 21.3 Å². The van der Waals surface area contributed by atoms with Gasteiger partial charge in [0.15, 0.2) is 0 Å². The third-order valence-corrected chi connectivity index (χ3v) is 4.93. The predicted molar refractivity (Wildman–Crippen MR) is 94.6 cm³/mol. The van der Waals surface area contributed by atoms with Gasteiger partial charge in [0.1, 0.15) is 5.75 Å². The van der Waals surface area contributed by atoms with Crippen LogP contribution in [-0.2, 0) is 6.54 Å². The Hall–Kier alpha value is -0.520. The van der Waals surface area contributed by atoms with Gasteiger partial charge < -0.3 is 10.1 Å². The summed E-state index contributed by atoms with van der Waals surface area (Å²) in [6.45, 7) is 2.78. The predicted octanol–water partition coefficient (Wildman–Crippen LogP) is 5.90. The molecular weight excluding hydrogens is 450 g/mol. The molecule has 0 fully saturated rings. The van der Waals surface area contributed by atoms with Crippen LogP contribution in [0.5, 0.6) is 5.75 Å². The monoisotopic (exact) mass is 461 g/mol. The van der Waals surface area contributed by atoms with Crippen molar-refractivity contribution in [3.05, 3.63) is 54.9 Å². The molecule has 0 saturated heterocycles. The van der Waals surface area contributed by atoms with Crippen LogP contribution in [0.2, 0.25) is 0 Å². The van der Waals surface area contributed by atoms with E-state index in [2.05, 4.69) is 72.2 Å². The van der Waals surface area contributed by atoms with Crippen molar-refractivity contribution in [2.45, 2.75) is 13.5 Å². The van der Waals surface area contributed by atoms with Gasteiger partial charge in [-0.3, -0.25) is 0 Å². The molecule has 0 bridgehead atoms. The second-order valence-electron chi connectivity index (χ2n) is 4.35. The van der Waals surface area contributed by atoms with Gasteiger partial charge in [-0.05, 0) is 52.7 Å². The summed E-state index contributed by atoms with van der Waals surface area (Å²) >= 11 is 10.6. The summed E-state index contributed by atoms with van der Waals surface area (Å²) in [7, 11) is 1.68. The normalized spacial score (nSPS) is 10.4. The molecule has 0 saturated carbocycles. The maximum absolute atomic E-state index is 5.46. The lowest BCUT2D eigenvalue weighted by atomic mass is 10.1. The Morgan fingerprint density at radius 1 is 1.10 bits per heavy atom. The molecule has 106 valence electrons. The van der Waals surface area contributed by atoms with Crippen LogP contribution in [0, 0.1) is 6.92 Å². The zero-order valence-electron chi connectivity index (χ0n) is 11.1. The van der Waals surface area contributed by atoms with E-state index >= 15 is 0 Å². The van der Waals surface area contributed by atoms with Crippen LogP contribution in [0.3, 0.4) is 0 Å². The fourth-order valence-electron chi connectivity index (χ4n) is 1.96. The number of hydrogen-bond acceptors (Lipinski definition) is 2. The Kier molecular flexibility index (Phi) is 5.52. The average molecular weight is 464 g/mol. The number of halogens is 3. The van der Waals surface area contributed by atoms with Crippen molar-refractivity contribution in [3.8, 4) is 5.75 Å². The minimum Gasteiger partial charge on any atom is -0.495 e. The zero-order chi connectivity index (χ0) is 14.7. The van der Waals surface area contributed by atoms with Crippen LogP contribution in [0.1, 0.15) is 11.1 Å². The lowest BCUT2D eigenvalue weighted by molar-refractivity contribution is 0.407. The Balaban J connectivity index is 2.25. The standard InChI is InChI=1S/C15H14Br3NO/c1-9-12(17)4-3-5-14(9)19-8-10-6-11(16)7-13(18)15(10)20-2/h3-7,19H,8H2,1-2H3. The van der Waals surface area contributed by atoms with Crippen molar-refractivity contribution in [2.75, 3.05) is 12.4 Å². The molecule has 1 N–H and O–H groups in total. The Morgan fingerprint density at radius 2 is 1.85 bits per heavy atom. The third kappa shape index (κ3) is 3.57. The van der Waals surface area contributed by atoms with E-state index in [1.165, 1.54) is 5.56 Å². The van der Waals surface area contributed by atoms with Gasteiger partial charge in [0.2, 0.25) is 0 Å². The van der Waals surface area contributed by atoms with Crippen LogP contribution < -0.4 is 10.1 Å². The van der Waals surface area contributed by atoms with Crippen molar-refractivity contribution in [1.82, 2.24) is 0 Å². The number of ether oxygens (including phenoxy) is 1. The molecular formula is C15H14Br3NO. The summed E-state index contributed by atoms with van der Waals surface area (Å²) in [5, 5.41) is 3.45. The van der Waals surface area contributed by atoms with E-state index in [0.717, 1.165) is 30.4 Å². The molecule has 0 aliphatic rings. The largest absolute Gasteiger partial charge is 0.495 e. The molecule has 2 aromatic rings. The summed E-state index contributed by atoms with van der Waals surface area (Å²) < 4.78 is 8.52. The van der Waals surface area contributed by atoms with Gasteiger partial charge in [0.25, 0.3) is 0 Å². The number of rotatable bonds is 4. The maximum Gasteiger partial charge on any atom is 0.138 e. The lowest BCUT2D eigenvalue weighted by Crippen LogP contribution is -2.03. The molecule has 0 heterocycles. The lowest BCUT2D eigenvalue weighted by Gasteiger charge is -2.14. The van der Waals surface area contributed by atoms with Gasteiger partial charge in [-0.25, -0.2) is 0 Å². The van der Waals surface area contributed by atoms with Crippen molar-refractivity contribution in [2.24, 2.45) is 0 Å². The van der Waals surface area contributed by atoms with Crippen molar-refractivity contribution < 1.29 is 4.74 Å². The highest BCUT2D eigenvalue weighted by Crippen LogP contribution is 2.33. The maximum atomic E-state index is 5.46. The highest BCUT2D eigenvalue weighted by molar-refractivity contribution is 9.11. The van der Waals surface area contributed by atoms with Crippen molar-refractivity contribution in [1.29, 1.82) is 0 Å². The molecule has 0 atom stereocenters. The molecule has 5 heteroatoms. The van der Waals surface area contributed by atoms with E-state index in [9.17, 15) is 0 Å². The smallest absolute Gasteiger partial charge is 0.138 e. The van der Waals surface area contributed by atoms with Crippen LogP contribution in [0.15, 0.2) is 43.7 Å². The molecule has 20 heavy (non-hydrogen) atoms. The second kappa shape index (κ2) is 6.96. The number of anilines is 1. The minimum absolute atomic E-state index is 0.693. The molecule has 0 amide bonds. The van der Waals surface area contributed by atoms with Gasteiger partial charge in [-0.2, -0.15) is 0 Å². The highest BCUT2D eigenvalue weighted by atomic mass is 79.9. The van der Waals surface area contributed by atoms with Gasteiger partial charge >= 0.3 is 0 Å². The third-order valence-electron chi connectivity index (χ3n) is 3.03. The van der Waals surface area contributed by atoms with Crippen molar-refractivity contribution in [3.63, 3.8) is 0 Å². The molecule has 2 nitrogen and oxygen atoms in total. The summed E-state index contributed by atoms with van der Waals surface area (Å²) in [5.41, 5.74) is 3.39. The minimum atomic E-state index is 0.693. The van der Waals surface area contributed by atoms with Crippen molar-refractivity contribution >= 4 is 53.5 Å². The van der Waals surface area contributed by atoms with E-state index in [4.69, 9.17) is 4.74 Å². The number of methoxy groups -OCH3 is 1. The van der Waals surface area contributed by atoms with Crippen LogP contribution in [0.4, 0.5) is 5.69 Å². The van der Waals surface area contributed by atoms with E-state index in [0.29, 0.717) is 6.54 Å². The van der Waals surface area contributed by atoms with Crippen LogP contribution in [-0.4, -0.2) is 7.11 Å². The van der Waals surface area contributed by atoms with E-state index < -0.39 is 0 Å². The molecule has 0 spiro atoms. The second-order valence-corrected chi connectivity index (χ2v) is 6.97. The molecule has 0 aromatic heterocycles. The average Bonchev–Trinajstić information content (AvgIpc) is 2.40. The fraction of sp³-hybridized carbons (Fsp3) is 0.200. The molecule has 0 aliphatic heterocycles. The Morgan fingerprint density at radius 3 is 2.55 bits per heavy atom. The van der Waals surface area contributed by atoms with E-state index in [1.807, 2.05) is 18.2 Å². The Bertz CT molecular complexity index is 629. The first kappa shape index (κ1) is 15.9. The van der Waals surface area contributed by atoms with Crippen LogP contribution in [0.25, 0.3) is 0 Å².